The number of amides is 2. The van der Waals surface area contributed by atoms with E-state index in [0.29, 0.717) is 24.5 Å². The Morgan fingerprint density at radius 3 is 2.10 bits per heavy atom. The van der Waals surface area contributed by atoms with Gasteiger partial charge in [-0.3, -0.25) is 9.59 Å². The van der Waals surface area contributed by atoms with Crippen LogP contribution in [-0.2, 0) is 22.6 Å². The van der Waals surface area contributed by atoms with Gasteiger partial charge in [-0.25, -0.2) is 0 Å². The number of nitrogens with one attached hydrogen (secondary N) is 1. The van der Waals surface area contributed by atoms with Gasteiger partial charge < -0.3 is 10.2 Å². The van der Waals surface area contributed by atoms with Crippen molar-refractivity contribution in [2.45, 2.75) is 32.4 Å². The van der Waals surface area contributed by atoms with E-state index in [0.717, 1.165) is 23.1 Å². The van der Waals surface area contributed by atoms with Crippen LogP contribution >= 0.6 is 11.6 Å². The van der Waals surface area contributed by atoms with Gasteiger partial charge >= 0.3 is 0 Å². The number of halogens is 1. The van der Waals surface area contributed by atoms with Crippen LogP contribution in [0.1, 0.15) is 36.1 Å². The molecular weight excluding hydrogens is 408 g/mol. The number of carbonyl (C=O) groups is 2. The second-order valence-electron chi connectivity index (χ2n) is 7.34. The fourth-order valence-electron chi connectivity index (χ4n) is 3.49. The second kappa shape index (κ2) is 11.3. The van der Waals surface area contributed by atoms with E-state index in [2.05, 4.69) is 5.32 Å². The van der Waals surface area contributed by atoms with Gasteiger partial charge in [-0.1, -0.05) is 91.3 Å². The lowest BCUT2D eigenvalue weighted by Gasteiger charge is -2.31. The highest BCUT2D eigenvalue weighted by molar-refractivity contribution is 6.30. The van der Waals surface area contributed by atoms with E-state index in [1.54, 1.807) is 17.0 Å². The molecule has 31 heavy (non-hydrogen) atoms. The quantitative estimate of drug-likeness (QED) is 0.504. The molecule has 0 unspecified atom stereocenters. The van der Waals surface area contributed by atoms with Crippen molar-refractivity contribution in [3.8, 4) is 0 Å². The van der Waals surface area contributed by atoms with Crippen molar-refractivity contribution in [1.82, 2.24) is 10.2 Å². The van der Waals surface area contributed by atoms with E-state index < -0.39 is 6.04 Å². The largest absolute Gasteiger partial charge is 0.354 e. The summed E-state index contributed by atoms with van der Waals surface area (Å²) in [4.78, 5) is 27.9. The smallest absolute Gasteiger partial charge is 0.247 e. The standard InChI is InChI=1S/C26H27ClN2O2/c1-2-24(30)29(19-21-13-15-23(27)16-14-21)25(22-11-7-4-8-12-22)26(31)28-18-17-20-9-5-3-6-10-20/h3-16,25H,2,17-19H2,1H3,(H,28,31)/t25-/m0/s1. The molecule has 0 aromatic heterocycles. The maximum Gasteiger partial charge on any atom is 0.247 e. The number of hydrogen-bond acceptors (Lipinski definition) is 2. The van der Waals surface area contributed by atoms with Crippen molar-refractivity contribution in [1.29, 1.82) is 0 Å². The van der Waals surface area contributed by atoms with Gasteiger partial charge in [0.1, 0.15) is 6.04 Å². The third kappa shape index (κ3) is 6.43. The van der Waals surface area contributed by atoms with Gasteiger partial charge in [0.05, 0.1) is 0 Å². The van der Waals surface area contributed by atoms with Crippen molar-refractivity contribution in [3.63, 3.8) is 0 Å². The first kappa shape index (κ1) is 22.6. The molecule has 0 aliphatic heterocycles. The summed E-state index contributed by atoms with van der Waals surface area (Å²) in [6.07, 6.45) is 1.04. The van der Waals surface area contributed by atoms with Crippen LogP contribution in [0, 0.1) is 0 Å². The van der Waals surface area contributed by atoms with E-state index in [-0.39, 0.29) is 11.8 Å². The zero-order chi connectivity index (χ0) is 22.1. The first-order chi connectivity index (χ1) is 15.1. The van der Waals surface area contributed by atoms with E-state index in [9.17, 15) is 9.59 Å². The molecule has 160 valence electrons. The molecule has 0 bridgehead atoms. The molecule has 1 N–H and O–H groups in total. The van der Waals surface area contributed by atoms with Gasteiger partial charge in [-0.2, -0.15) is 0 Å². The molecular formula is C26H27ClN2O2. The molecule has 0 saturated heterocycles. The monoisotopic (exact) mass is 434 g/mol. The molecule has 0 aliphatic carbocycles. The van der Waals surface area contributed by atoms with Crippen LogP contribution in [0.2, 0.25) is 5.02 Å². The van der Waals surface area contributed by atoms with Crippen LogP contribution in [-0.4, -0.2) is 23.3 Å². The number of hydrogen-bond donors (Lipinski definition) is 1. The summed E-state index contributed by atoms with van der Waals surface area (Å²) in [5.41, 5.74) is 2.86. The minimum absolute atomic E-state index is 0.0815. The summed E-state index contributed by atoms with van der Waals surface area (Å²) in [7, 11) is 0. The predicted octanol–water partition coefficient (Wildman–Crippen LogP) is 5.18. The minimum Gasteiger partial charge on any atom is -0.354 e. The van der Waals surface area contributed by atoms with Crippen LogP contribution in [0.3, 0.4) is 0 Å². The number of rotatable bonds is 9. The Labute approximate surface area is 188 Å². The number of nitrogens with zero attached hydrogens (tertiary/aromatic N) is 1. The van der Waals surface area contributed by atoms with Crippen molar-refractivity contribution in [2.24, 2.45) is 0 Å². The molecule has 2 amide bonds. The Bertz CT molecular complexity index is 975. The third-order valence-corrected chi connectivity index (χ3v) is 5.37. The molecule has 1 atom stereocenters. The number of carbonyl (C=O) groups excluding carboxylic acids is 2. The van der Waals surface area contributed by atoms with Crippen LogP contribution in [0.25, 0.3) is 0 Å². The van der Waals surface area contributed by atoms with Crippen LogP contribution in [0.4, 0.5) is 0 Å². The molecule has 0 heterocycles. The summed E-state index contributed by atoms with van der Waals surface area (Å²) in [6, 6.07) is 26.1. The van der Waals surface area contributed by atoms with Crippen molar-refractivity contribution >= 4 is 23.4 Å². The average Bonchev–Trinajstić information content (AvgIpc) is 2.81. The number of benzene rings is 3. The van der Waals surface area contributed by atoms with Gasteiger partial charge in [0.15, 0.2) is 0 Å². The summed E-state index contributed by atoms with van der Waals surface area (Å²) in [5, 5.41) is 3.66. The van der Waals surface area contributed by atoms with Crippen LogP contribution < -0.4 is 5.32 Å². The molecule has 5 heteroatoms. The summed E-state index contributed by atoms with van der Waals surface area (Å²) >= 11 is 6.01. The fourth-order valence-corrected chi connectivity index (χ4v) is 3.62. The van der Waals surface area contributed by atoms with E-state index in [1.165, 1.54) is 0 Å². The summed E-state index contributed by atoms with van der Waals surface area (Å²) < 4.78 is 0. The zero-order valence-corrected chi connectivity index (χ0v) is 18.4. The zero-order valence-electron chi connectivity index (χ0n) is 17.6. The second-order valence-corrected chi connectivity index (χ2v) is 7.78. The highest BCUT2D eigenvalue weighted by atomic mass is 35.5. The Morgan fingerprint density at radius 2 is 1.48 bits per heavy atom. The summed E-state index contributed by atoms with van der Waals surface area (Å²) in [6.45, 7) is 2.64. The Kier molecular flexibility index (Phi) is 8.25. The highest BCUT2D eigenvalue weighted by Crippen LogP contribution is 2.25. The van der Waals surface area contributed by atoms with Gasteiger partial charge in [0, 0.05) is 24.5 Å². The topological polar surface area (TPSA) is 49.4 Å². The molecule has 3 aromatic carbocycles. The van der Waals surface area contributed by atoms with Gasteiger partial charge in [0.2, 0.25) is 11.8 Å². The lowest BCUT2D eigenvalue weighted by atomic mass is 10.0. The SMILES string of the molecule is CCC(=O)N(Cc1ccc(Cl)cc1)[C@H](C(=O)NCCc1ccccc1)c1ccccc1. The lowest BCUT2D eigenvalue weighted by Crippen LogP contribution is -2.43. The first-order valence-electron chi connectivity index (χ1n) is 10.5. The molecule has 3 aromatic rings. The Hall–Kier alpha value is -3.11. The lowest BCUT2D eigenvalue weighted by molar-refractivity contribution is -0.141. The maximum absolute atomic E-state index is 13.3. The fraction of sp³-hybridized carbons (Fsp3) is 0.231. The molecule has 0 aliphatic rings. The van der Waals surface area contributed by atoms with E-state index in [4.69, 9.17) is 11.6 Å². The van der Waals surface area contributed by atoms with E-state index in [1.807, 2.05) is 79.7 Å². The Balaban J connectivity index is 1.83. The normalized spacial score (nSPS) is 11.5. The molecule has 4 nitrogen and oxygen atoms in total. The van der Waals surface area contributed by atoms with Gasteiger partial charge in [-0.05, 0) is 35.2 Å². The highest BCUT2D eigenvalue weighted by Gasteiger charge is 2.30. The molecule has 0 saturated carbocycles. The molecule has 0 radical (unpaired) electrons. The average molecular weight is 435 g/mol. The minimum atomic E-state index is -0.708. The third-order valence-electron chi connectivity index (χ3n) is 5.12. The first-order valence-corrected chi connectivity index (χ1v) is 10.9. The molecule has 3 rings (SSSR count). The van der Waals surface area contributed by atoms with Crippen LogP contribution in [0.15, 0.2) is 84.9 Å². The van der Waals surface area contributed by atoms with Crippen molar-refractivity contribution in [2.75, 3.05) is 6.54 Å². The predicted molar refractivity (Wildman–Crippen MR) is 125 cm³/mol. The molecule has 0 spiro atoms. The van der Waals surface area contributed by atoms with Gasteiger partial charge in [0.25, 0.3) is 0 Å². The molecule has 0 fully saturated rings. The summed E-state index contributed by atoms with van der Waals surface area (Å²) in [5.74, 6) is -0.264. The Morgan fingerprint density at radius 1 is 0.871 bits per heavy atom. The van der Waals surface area contributed by atoms with Crippen LogP contribution in [0.5, 0.6) is 0 Å². The van der Waals surface area contributed by atoms with Crippen molar-refractivity contribution in [3.05, 3.63) is 107 Å². The van der Waals surface area contributed by atoms with E-state index >= 15 is 0 Å². The van der Waals surface area contributed by atoms with Crippen molar-refractivity contribution < 1.29 is 9.59 Å². The van der Waals surface area contributed by atoms with Gasteiger partial charge in [-0.15, -0.1) is 0 Å². The maximum atomic E-state index is 13.3.